The van der Waals surface area contributed by atoms with Gasteiger partial charge in [0.05, 0.1) is 0 Å². The van der Waals surface area contributed by atoms with Crippen LogP contribution < -0.4 is 9.64 Å². The Kier molecular flexibility index (Phi) is 8.00. The third-order valence-corrected chi connectivity index (χ3v) is 6.61. The Labute approximate surface area is 202 Å². The smallest absolute Gasteiger partial charge is 0.259 e. The molecule has 0 aliphatic carbocycles. The summed E-state index contributed by atoms with van der Waals surface area (Å²) in [5.41, 5.74) is 0.611. The summed E-state index contributed by atoms with van der Waals surface area (Å²) < 4.78 is 5.59. The number of pyridine rings is 1. The molecule has 8 heteroatoms. The van der Waals surface area contributed by atoms with Gasteiger partial charge >= 0.3 is 0 Å². The number of carbonyl (C=O) groups excluding carboxylic acids is 2. The van der Waals surface area contributed by atoms with Crippen LogP contribution in [0.2, 0.25) is 0 Å². The zero-order chi connectivity index (χ0) is 23.9. The van der Waals surface area contributed by atoms with Gasteiger partial charge in [0.1, 0.15) is 11.6 Å². The number of ether oxygens (including phenoxy) is 1. The third kappa shape index (κ3) is 6.26. The number of nitrogens with zero attached hydrogens (tertiary/aromatic N) is 5. The number of hydrogen-bond donors (Lipinski definition) is 0. The van der Waals surface area contributed by atoms with Gasteiger partial charge < -0.3 is 19.4 Å². The average molecular weight is 466 g/mol. The van der Waals surface area contributed by atoms with E-state index < -0.39 is 0 Å². The number of amides is 2. The first-order valence-electron chi connectivity index (χ1n) is 12.1. The molecule has 0 bridgehead atoms. The van der Waals surface area contributed by atoms with Crippen molar-refractivity contribution >= 4 is 17.6 Å². The van der Waals surface area contributed by atoms with Crippen molar-refractivity contribution in [2.45, 2.75) is 12.8 Å². The van der Waals surface area contributed by atoms with Gasteiger partial charge in [-0.3, -0.25) is 14.5 Å². The summed E-state index contributed by atoms with van der Waals surface area (Å²) in [4.78, 5) is 37.8. The molecule has 2 amide bonds. The fraction of sp³-hybridized carbons (Fsp3) is 0.500. The average Bonchev–Trinajstić information content (AvgIpc) is 2.88. The van der Waals surface area contributed by atoms with Gasteiger partial charge in [-0.2, -0.15) is 0 Å². The van der Waals surface area contributed by atoms with E-state index in [4.69, 9.17) is 4.74 Å². The molecular formula is C26H35N5O3. The van der Waals surface area contributed by atoms with Crippen molar-refractivity contribution in [2.24, 2.45) is 5.92 Å². The molecule has 182 valence electrons. The van der Waals surface area contributed by atoms with E-state index in [2.05, 4.69) is 20.9 Å². The maximum atomic E-state index is 13.2. The van der Waals surface area contributed by atoms with Gasteiger partial charge in [0, 0.05) is 71.7 Å². The van der Waals surface area contributed by atoms with E-state index in [0.717, 1.165) is 64.5 Å². The Balaban J connectivity index is 1.28. The van der Waals surface area contributed by atoms with Crippen molar-refractivity contribution in [3.8, 4) is 5.75 Å². The molecule has 2 aromatic rings. The normalized spacial score (nSPS) is 19.1. The van der Waals surface area contributed by atoms with Gasteiger partial charge in [0.25, 0.3) is 11.8 Å². The molecule has 1 unspecified atom stereocenters. The van der Waals surface area contributed by atoms with Gasteiger partial charge in [-0.05, 0) is 49.1 Å². The minimum atomic E-state index is -0.114. The number of aromatic nitrogens is 1. The predicted octanol–water partition coefficient (Wildman–Crippen LogP) is 2.22. The summed E-state index contributed by atoms with van der Waals surface area (Å²) in [6.45, 7) is 6.55. The highest BCUT2D eigenvalue weighted by Crippen LogP contribution is 2.22. The molecule has 1 atom stereocenters. The molecule has 0 spiro atoms. The van der Waals surface area contributed by atoms with Crippen LogP contribution in [-0.4, -0.2) is 98.0 Å². The quantitative estimate of drug-likeness (QED) is 0.625. The van der Waals surface area contributed by atoms with E-state index in [9.17, 15) is 9.59 Å². The Morgan fingerprint density at radius 2 is 1.88 bits per heavy atom. The fourth-order valence-electron chi connectivity index (χ4n) is 4.64. The lowest BCUT2D eigenvalue weighted by molar-refractivity contribution is -0.130. The summed E-state index contributed by atoms with van der Waals surface area (Å²) in [5.74, 6) is 2.00. The minimum Gasteiger partial charge on any atom is -0.484 e. The van der Waals surface area contributed by atoms with Gasteiger partial charge in [-0.1, -0.05) is 12.1 Å². The number of likely N-dealkylation sites (tertiary alicyclic amines) is 1. The molecule has 1 aromatic heterocycles. The molecule has 0 radical (unpaired) electrons. The second-order valence-electron chi connectivity index (χ2n) is 9.34. The van der Waals surface area contributed by atoms with Crippen molar-refractivity contribution in [3.05, 3.63) is 54.2 Å². The number of benzene rings is 1. The molecule has 0 saturated carbocycles. The van der Waals surface area contributed by atoms with E-state index in [1.165, 1.54) is 4.90 Å². The van der Waals surface area contributed by atoms with Crippen LogP contribution >= 0.6 is 0 Å². The number of piperazine rings is 1. The zero-order valence-electron chi connectivity index (χ0n) is 20.2. The lowest BCUT2D eigenvalue weighted by Gasteiger charge is -2.39. The number of likely N-dealkylation sites (N-methyl/N-ethyl adjacent to an activating group) is 1. The van der Waals surface area contributed by atoms with E-state index in [1.54, 1.807) is 26.2 Å². The molecule has 4 rings (SSSR count). The van der Waals surface area contributed by atoms with E-state index in [0.29, 0.717) is 17.2 Å². The van der Waals surface area contributed by atoms with Crippen LogP contribution in [0, 0.1) is 5.92 Å². The summed E-state index contributed by atoms with van der Waals surface area (Å²) >= 11 is 0. The third-order valence-electron chi connectivity index (χ3n) is 6.61. The Hall–Kier alpha value is -3.13. The van der Waals surface area contributed by atoms with Crippen molar-refractivity contribution in [2.75, 3.05) is 71.4 Å². The Bertz CT molecular complexity index is 960. The predicted molar refractivity (Wildman–Crippen MR) is 132 cm³/mol. The highest BCUT2D eigenvalue weighted by atomic mass is 16.5. The number of hydrogen-bond acceptors (Lipinski definition) is 6. The molecule has 3 heterocycles. The number of carbonyl (C=O) groups is 2. The highest BCUT2D eigenvalue weighted by Gasteiger charge is 2.27. The number of anilines is 1. The summed E-state index contributed by atoms with van der Waals surface area (Å²) in [6, 6.07) is 13.2. The topological polar surface area (TPSA) is 69.2 Å². The SMILES string of the molecule is CN(C)C(=O)COc1cccc(C(=O)N2CCCC(CN3CCN(c4ccccn4)CC3)C2)c1. The molecule has 8 nitrogen and oxygen atoms in total. The van der Waals surface area contributed by atoms with Crippen LogP contribution in [0.5, 0.6) is 5.75 Å². The van der Waals surface area contributed by atoms with Crippen LogP contribution in [0.15, 0.2) is 48.7 Å². The largest absolute Gasteiger partial charge is 0.484 e. The second-order valence-corrected chi connectivity index (χ2v) is 9.34. The lowest BCUT2D eigenvalue weighted by atomic mass is 9.96. The Morgan fingerprint density at radius 3 is 2.62 bits per heavy atom. The maximum Gasteiger partial charge on any atom is 0.259 e. The van der Waals surface area contributed by atoms with Crippen LogP contribution in [0.1, 0.15) is 23.2 Å². The standard InChI is InChI=1S/C26H35N5O3/c1-28(2)25(32)20-34-23-9-5-8-22(17-23)26(33)31-12-6-7-21(19-31)18-29-13-15-30(16-14-29)24-10-3-4-11-27-24/h3-5,8-11,17,21H,6-7,12-16,18-20H2,1-2H3. The molecule has 0 N–H and O–H groups in total. The number of rotatable bonds is 7. The first kappa shape index (κ1) is 24.0. The maximum absolute atomic E-state index is 13.2. The summed E-state index contributed by atoms with van der Waals surface area (Å²) in [7, 11) is 3.39. The van der Waals surface area contributed by atoms with Crippen LogP contribution in [0.25, 0.3) is 0 Å². The molecular weight excluding hydrogens is 430 g/mol. The van der Waals surface area contributed by atoms with Crippen LogP contribution in [0.4, 0.5) is 5.82 Å². The molecule has 2 fully saturated rings. The van der Waals surface area contributed by atoms with E-state index in [1.807, 2.05) is 35.4 Å². The summed E-state index contributed by atoms with van der Waals surface area (Å²) in [5, 5.41) is 0. The second kappa shape index (κ2) is 11.3. The molecule has 2 aliphatic heterocycles. The van der Waals surface area contributed by atoms with Crippen molar-refractivity contribution in [1.29, 1.82) is 0 Å². The number of piperidine rings is 1. The molecule has 2 saturated heterocycles. The first-order valence-corrected chi connectivity index (χ1v) is 12.1. The zero-order valence-corrected chi connectivity index (χ0v) is 20.2. The molecule has 1 aromatic carbocycles. The first-order chi connectivity index (χ1) is 16.5. The molecule has 2 aliphatic rings. The minimum absolute atomic E-state index is 0.0362. The van der Waals surface area contributed by atoms with Crippen molar-refractivity contribution in [1.82, 2.24) is 19.7 Å². The Morgan fingerprint density at radius 1 is 1.06 bits per heavy atom. The van der Waals surface area contributed by atoms with Crippen molar-refractivity contribution < 1.29 is 14.3 Å². The molecule has 34 heavy (non-hydrogen) atoms. The van der Waals surface area contributed by atoms with Gasteiger partial charge in [-0.25, -0.2) is 4.98 Å². The van der Waals surface area contributed by atoms with Gasteiger partial charge in [-0.15, -0.1) is 0 Å². The van der Waals surface area contributed by atoms with E-state index in [-0.39, 0.29) is 18.4 Å². The lowest BCUT2D eigenvalue weighted by Crippen LogP contribution is -2.50. The van der Waals surface area contributed by atoms with Gasteiger partial charge in [0.2, 0.25) is 0 Å². The van der Waals surface area contributed by atoms with E-state index >= 15 is 0 Å². The highest BCUT2D eigenvalue weighted by molar-refractivity contribution is 5.94. The van der Waals surface area contributed by atoms with Gasteiger partial charge in [0.15, 0.2) is 6.61 Å². The summed E-state index contributed by atoms with van der Waals surface area (Å²) in [6.07, 6.45) is 4.03. The van der Waals surface area contributed by atoms with Crippen LogP contribution in [-0.2, 0) is 4.79 Å². The van der Waals surface area contributed by atoms with Crippen molar-refractivity contribution in [3.63, 3.8) is 0 Å². The monoisotopic (exact) mass is 465 g/mol. The fourth-order valence-corrected chi connectivity index (χ4v) is 4.64. The van der Waals surface area contributed by atoms with Crippen LogP contribution in [0.3, 0.4) is 0 Å².